The molecule has 3 aromatic rings. The van der Waals surface area contributed by atoms with E-state index in [1.165, 1.54) is 12.5 Å². The van der Waals surface area contributed by atoms with Gasteiger partial charge in [-0.2, -0.15) is 0 Å². The second-order valence-corrected chi connectivity index (χ2v) is 5.93. The van der Waals surface area contributed by atoms with Crippen LogP contribution in [0.15, 0.2) is 58.7 Å². The first-order valence-corrected chi connectivity index (χ1v) is 7.43. The van der Waals surface area contributed by atoms with Crippen molar-refractivity contribution in [3.8, 4) is 0 Å². The maximum Gasteiger partial charge on any atom is 0.221 e. The highest BCUT2D eigenvalue weighted by Crippen LogP contribution is 2.29. The molecule has 0 aliphatic rings. The van der Waals surface area contributed by atoms with E-state index in [2.05, 4.69) is 33.9 Å². The number of nitrogens with one attached hydrogen (secondary N) is 1. The second kappa shape index (κ2) is 5.61. The van der Waals surface area contributed by atoms with Crippen molar-refractivity contribution in [2.45, 2.75) is 23.8 Å². The summed E-state index contributed by atoms with van der Waals surface area (Å²) in [6, 6.07) is 11.9. The molecule has 0 aliphatic heterocycles. The number of amides is 1. The Balaban J connectivity index is 1.85. The molecule has 0 atom stereocenters. The van der Waals surface area contributed by atoms with Crippen molar-refractivity contribution in [2.75, 3.05) is 5.32 Å². The number of pyridine rings is 1. The van der Waals surface area contributed by atoms with E-state index >= 15 is 0 Å². The third-order valence-corrected chi connectivity index (χ3v) is 4.04. The lowest BCUT2D eigenvalue weighted by atomic mass is 10.3. The maximum absolute atomic E-state index is 11.0. The van der Waals surface area contributed by atoms with Crippen molar-refractivity contribution in [1.29, 1.82) is 0 Å². The minimum absolute atomic E-state index is 0.0623. The van der Waals surface area contributed by atoms with Gasteiger partial charge in [0.1, 0.15) is 10.7 Å². The summed E-state index contributed by atoms with van der Waals surface area (Å²) in [5.74, 6) is -0.0623. The fourth-order valence-corrected chi connectivity index (χ4v) is 2.93. The van der Waals surface area contributed by atoms with Gasteiger partial charge in [-0.25, -0.2) is 4.98 Å². The summed E-state index contributed by atoms with van der Waals surface area (Å²) in [5, 5.41) is 3.83. The minimum atomic E-state index is -0.0623. The van der Waals surface area contributed by atoms with E-state index in [9.17, 15) is 4.79 Å². The summed E-state index contributed by atoms with van der Waals surface area (Å²) in [5.41, 5.74) is 2.95. The average Bonchev–Trinajstić information content (AvgIpc) is 2.83. The van der Waals surface area contributed by atoms with Crippen molar-refractivity contribution in [1.82, 2.24) is 9.38 Å². The number of anilines is 1. The number of hydrogen-bond donors (Lipinski definition) is 1. The smallest absolute Gasteiger partial charge is 0.221 e. The molecule has 0 saturated carbocycles. The van der Waals surface area contributed by atoms with Crippen molar-refractivity contribution in [3.63, 3.8) is 0 Å². The fourth-order valence-electron chi connectivity index (χ4n) is 2.07. The molecule has 1 aromatic carbocycles. The number of benzene rings is 1. The number of hydrogen-bond acceptors (Lipinski definition) is 3. The zero-order valence-corrected chi connectivity index (χ0v) is 12.6. The lowest BCUT2D eigenvalue weighted by Crippen LogP contribution is -2.05. The SMILES string of the molecule is CC(=O)Nc1ccc(Sc2cnc3ccc(C)cn23)cc1. The second-order valence-electron chi connectivity index (χ2n) is 4.84. The fraction of sp³-hybridized carbons (Fsp3) is 0.125. The predicted octanol–water partition coefficient (Wildman–Crippen LogP) is 3.75. The molecule has 0 fully saturated rings. The van der Waals surface area contributed by atoms with Crippen LogP contribution in [0.4, 0.5) is 5.69 Å². The number of fused-ring (bicyclic) bond motifs is 1. The third-order valence-electron chi connectivity index (χ3n) is 3.02. The van der Waals surface area contributed by atoms with Crippen LogP contribution in [0.5, 0.6) is 0 Å². The van der Waals surface area contributed by atoms with Gasteiger partial charge in [0.25, 0.3) is 0 Å². The third kappa shape index (κ3) is 3.08. The molecule has 1 N–H and O–H groups in total. The Morgan fingerprint density at radius 1 is 1.19 bits per heavy atom. The summed E-state index contributed by atoms with van der Waals surface area (Å²) < 4.78 is 2.09. The van der Waals surface area contributed by atoms with Crippen LogP contribution in [0.3, 0.4) is 0 Å². The van der Waals surface area contributed by atoms with Gasteiger partial charge in [-0.3, -0.25) is 9.20 Å². The summed E-state index contributed by atoms with van der Waals surface area (Å²) in [4.78, 5) is 16.5. The van der Waals surface area contributed by atoms with Crippen LogP contribution in [0, 0.1) is 6.92 Å². The molecule has 0 unspecified atom stereocenters. The molecule has 106 valence electrons. The van der Waals surface area contributed by atoms with Crippen LogP contribution < -0.4 is 5.32 Å². The van der Waals surface area contributed by atoms with Gasteiger partial charge < -0.3 is 5.32 Å². The highest BCUT2D eigenvalue weighted by atomic mass is 32.2. The Bertz CT molecular complexity index is 793. The zero-order chi connectivity index (χ0) is 14.8. The molecular weight excluding hydrogens is 282 g/mol. The van der Waals surface area contributed by atoms with Crippen LogP contribution in [-0.4, -0.2) is 15.3 Å². The topological polar surface area (TPSA) is 46.4 Å². The van der Waals surface area contributed by atoms with Crippen molar-refractivity contribution in [3.05, 3.63) is 54.4 Å². The molecule has 5 heteroatoms. The van der Waals surface area contributed by atoms with E-state index in [4.69, 9.17) is 0 Å². The molecular formula is C16H15N3OS. The van der Waals surface area contributed by atoms with Gasteiger partial charge in [-0.15, -0.1) is 0 Å². The number of aryl methyl sites for hydroxylation is 1. The van der Waals surface area contributed by atoms with Crippen LogP contribution in [-0.2, 0) is 4.79 Å². The number of carbonyl (C=O) groups excluding carboxylic acids is 1. The summed E-state index contributed by atoms with van der Waals surface area (Å²) in [6.07, 6.45) is 3.96. The molecule has 2 aromatic heterocycles. The normalized spacial score (nSPS) is 10.8. The summed E-state index contributed by atoms with van der Waals surface area (Å²) in [6.45, 7) is 3.57. The highest BCUT2D eigenvalue weighted by molar-refractivity contribution is 7.99. The molecule has 0 spiro atoms. The quantitative estimate of drug-likeness (QED) is 0.801. The first kappa shape index (κ1) is 13.7. The van der Waals surface area contributed by atoms with E-state index in [-0.39, 0.29) is 5.91 Å². The van der Waals surface area contributed by atoms with Crippen molar-refractivity contribution >= 4 is 29.0 Å². The van der Waals surface area contributed by atoms with Gasteiger partial charge in [0.05, 0.1) is 6.20 Å². The average molecular weight is 297 g/mol. The van der Waals surface area contributed by atoms with Crippen LogP contribution in [0.2, 0.25) is 0 Å². The van der Waals surface area contributed by atoms with Gasteiger partial charge >= 0.3 is 0 Å². The van der Waals surface area contributed by atoms with E-state index in [1.807, 2.05) is 36.5 Å². The van der Waals surface area contributed by atoms with E-state index in [0.717, 1.165) is 21.3 Å². The Morgan fingerprint density at radius 2 is 1.95 bits per heavy atom. The largest absolute Gasteiger partial charge is 0.326 e. The minimum Gasteiger partial charge on any atom is -0.326 e. The molecule has 21 heavy (non-hydrogen) atoms. The van der Waals surface area contributed by atoms with Crippen molar-refractivity contribution in [2.24, 2.45) is 0 Å². The molecule has 0 bridgehead atoms. The van der Waals surface area contributed by atoms with E-state index < -0.39 is 0 Å². The molecule has 0 radical (unpaired) electrons. The standard InChI is InChI=1S/C16H15N3OS/c1-11-3-8-15-17-9-16(19(15)10-11)21-14-6-4-13(5-7-14)18-12(2)20/h3-10H,1-2H3,(H,18,20). The number of rotatable bonds is 3. The number of nitrogens with zero attached hydrogens (tertiary/aromatic N) is 2. The van der Waals surface area contributed by atoms with Gasteiger partial charge in [0.15, 0.2) is 0 Å². The lowest BCUT2D eigenvalue weighted by Gasteiger charge is -2.05. The maximum atomic E-state index is 11.0. The zero-order valence-electron chi connectivity index (χ0n) is 11.8. The van der Waals surface area contributed by atoms with Gasteiger partial charge in [-0.05, 0) is 42.8 Å². The van der Waals surface area contributed by atoms with Gasteiger partial charge in [-0.1, -0.05) is 17.8 Å². The number of imidazole rings is 1. The van der Waals surface area contributed by atoms with E-state index in [0.29, 0.717) is 0 Å². The molecule has 1 amide bonds. The van der Waals surface area contributed by atoms with Crippen LogP contribution >= 0.6 is 11.8 Å². The lowest BCUT2D eigenvalue weighted by molar-refractivity contribution is -0.114. The first-order chi connectivity index (χ1) is 10.1. The van der Waals surface area contributed by atoms with Crippen LogP contribution in [0.1, 0.15) is 12.5 Å². The number of aromatic nitrogens is 2. The Morgan fingerprint density at radius 3 is 2.67 bits per heavy atom. The van der Waals surface area contributed by atoms with Gasteiger partial charge in [0.2, 0.25) is 5.91 Å². The molecule has 0 saturated heterocycles. The molecule has 4 nitrogen and oxygen atoms in total. The van der Waals surface area contributed by atoms with Crippen LogP contribution in [0.25, 0.3) is 5.65 Å². The molecule has 3 rings (SSSR count). The Hall–Kier alpha value is -2.27. The monoisotopic (exact) mass is 297 g/mol. The summed E-state index contributed by atoms with van der Waals surface area (Å²) in [7, 11) is 0. The van der Waals surface area contributed by atoms with E-state index in [1.54, 1.807) is 11.8 Å². The molecule has 0 aliphatic carbocycles. The highest BCUT2D eigenvalue weighted by Gasteiger charge is 2.05. The summed E-state index contributed by atoms with van der Waals surface area (Å²) >= 11 is 1.65. The number of carbonyl (C=O) groups is 1. The van der Waals surface area contributed by atoms with Gasteiger partial charge in [0, 0.05) is 23.7 Å². The molecule has 2 heterocycles. The first-order valence-electron chi connectivity index (χ1n) is 6.61. The Kier molecular flexibility index (Phi) is 3.66. The Labute approximate surface area is 127 Å². The van der Waals surface area contributed by atoms with Crippen molar-refractivity contribution < 1.29 is 4.79 Å². The predicted molar refractivity (Wildman–Crippen MR) is 84.8 cm³/mol.